The molecular weight excluding hydrogens is 176 g/mol. The van der Waals surface area contributed by atoms with Crippen molar-refractivity contribution in [1.29, 1.82) is 0 Å². The Morgan fingerprint density at radius 2 is 2.14 bits per heavy atom. The average Bonchev–Trinajstić information content (AvgIpc) is 2.47. The van der Waals surface area contributed by atoms with Crippen molar-refractivity contribution in [2.45, 2.75) is 20.8 Å². The number of ketones is 1. The monoisotopic (exact) mass is 188 g/mol. The highest BCUT2D eigenvalue weighted by Gasteiger charge is 2.08. The van der Waals surface area contributed by atoms with E-state index >= 15 is 0 Å². The van der Waals surface area contributed by atoms with E-state index in [0.29, 0.717) is 5.69 Å². The number of aryl methyl sites for hydroxylation is 2. The standard InChI is InChI=1S/C11H12N2O/c1-7-4-8(2)11-12-5-10(9(3)14)13(11)6-7/h4-6H,1-3H3. The smallest absolute Gasteiger partial charge is 0.178 e. The number of Topliss-reactive ketones (excluding diaryl/α,β-unsaturated/α-hetero) is 1. The molecule has 0 amide bonds. The third-order valence-corrected chi connectivity index (χ3v) is 2.29. The number of imidazole rings is 1. The Kier molecular flexibility index (Phi) is 1.88. The Morgan fingerprint density at radius 1 is 1.43 bits per heavy atom. The zero-order valence-corrected chi connectivity index (χ0v) is 8.53. The van der Waals surface area contributed by atoms with Crippen molar-refractivity contribution in [1.82, 2.24) is 9.38 Å². The van der Waals surface area contributed by atoms with Gasteiger partial charge in [0.05, 0.1) is 6.20 Å². The molecule has 2 heterocycles. The van der Waals surface area contributed by atoms with Gasteiger partial charge in [-0.2, -0.15) is 0 Å². The molecule has 72 valence electrons. The number of nitrogens with zero attached hydrogens (tertiary/aromatic N) is 2. The highest BCUT2D eigenvalue weighted by Crippen LogP contribution is 2.13. The fourth-order valence-electron chi connectivity index (χ4n) is 1.69. The van der Waals surface area contributed by atoms with Gasteiger partial charge in [-0.1, -0.05) is 6.07 Å². The molecule has 2 rings (SSSR count). The molecule has 0 aliphatic heterocycles. The number of fused-ring (bicyclic) bond motifs is 1. The van der Waals surface area contributed by atoms with Crippen LogP contribution in [0.25, 0.3) is 5.65 Å². The van der Waals surface area contributed by atoms with Gasteiger partial charge in [-0.05, 0) is 25.0 Å². The minimum Gasteiger partial charge on any atom is -0.297 e. The number of hydrogen-bond acceptors (Lipinski definition) is 2. The normalized spacial score (nSPS) is 10.8. The predicted molar refractivity (Wildman–Crippen MR) is 54.7 cm³/mol. The third-order valence-electron chi connectivity index (χ3n) is 2.29. The summed E-state index contributed by atoms with van der Waals surface area (Å²) in [5, 5.41) is 0. The van der Waals surface area contributed by atoms with E-state index < -0.39 is 0 Å². The molecular formula is C11H12N2O. The maximum absolute atomic E-state index is 11.3. The van der Waals surface area contributed by atoms with Crippen LogP contribution in [0.15, 0.2) is 18.5 Å². The topological polar surface area (TPSA) is 34.4 Å². The van der Waals surface area contributed by atoms with E-state index in [1.807, 2.05) is 24.4 Å². The molecule has 0 aromatic carbocycles. The lowest BCUT2D eigenvalue weighted by atomic mass is 10.2. The first kappa shape index (κ1) is 8.94. The molecule has 0 aliphatic carbocycles. The van der Waals surface area contributed by atoms with E-state index in [-0.39, 0.29) is 5.78 Å². The first-order chi connectivity index (χ1) is 6.59. The molecule has 2 aromatic heterocycles. The summed E-state index contributed by atoms with van der Waals surface area (Å²) in [6.07, 6.45) is 3.57. The number of rotatable bonds is 1. The first-order valence-corrected chi connectivity index (χ1v) is 4.55. The van der Waals surface area contributed by atoms with Gasteiger partial charge < -0.3 is 0 Å². The van der Waals surface area contributed by atoms with Crippen molar-refractivity contribution < 1.29 is 4.79 Å². The van der Waals surface area contributed by atoms with Crippen LogP contribution in [0.2, 0.25) is 0 Å². The van der Waals surface area contributed by atoms with Crippen LogP contribution < -0.4 is 0 Å². The van der Waals surface area contributed by atoms with Crippen molar-refractivity contribution in [3.05, 3.63) is 35.3 Å². The van der Waals surface area contributed by atoms with E-state index in [2.05, 4.69) is 11.1 Å². The van der Waals surface area contributed by atoms with E-state index in [1.54, 1.807) is 13.1 Å². The summed E-state index contributed by atoms with van der Waals surface area (Å²) in [7, 11) is 0. The van der Waals surface area contributed by atoms with Gasteiger partial charge in [0.25, 0.3) is 0 Å². The van der Waals surface area contributed by atoms with Crippen LogP contribution in [0.4, 0.5) is 0 Å². The summed E-state index contributed by atoms with van der Waals surface area (Å²) in [4.78, 5) is 15.5. The number of pyridine rings is 1. The maximum Gasteiger partial charge on any atom is 0.178 e. The van der Waals surface area contributed by atoms with Crippen molar-refractivity contribution in [2.75, 3.05) is 0 Å². The molecule has 0 fully saturated rings. The fraction of sp³-hybridized carbons (Fsp3) is 0.273. The van der Waals surface area contributed by atoms with Crippen LogP contribution in [0.5, 0.6) is 0 Å². The first-order valence-electron chi connectivity index (χ1n) is 4.55. The van der Waals surface area contributed by atoms with Gasteiger partial charge in [0.15, 0.2) is 5.78 Å². The van der Waals surface area contributed by atoms with E-state index in [0.717, 1.165) is 16.8 Å². The van der Waals surface area contributed by atoms with Gasteiger partial charge in [0.2, 0.25) is 0 Å². The highest BCUT2D eigenvalue weighted by molar-refractivity contribution is 5.93. The van der Waals surface area contributed by atoms with Crippen LogP contribution in [-0.4, -0.2) is 15.2 Å². The minimum atomic E-state index is 0.0440. The molecule has 0 saturated heterocycles. The molecule has 0 N–H and O–H groups in total. The second-order valence-corrected chi connectivity index (χ2v) is 3.59. The number of hydrogen-bond donors (Lipinski definition) is 0. The third kappa shape index (κ3) is 1.21. The van der Waals surface area contributed by atoms with Gasteiger partial charge >= 0.3 is 0 Å². The van der Waals surface area contributed by atoms with Crippen LogP contribution in [0, 0.1) is 13.8 Å². The van der Waals surface area contributed by atoms with Gasteiger partial charge in [0, 0.05) is 13.1 Å². The van der Waals surface area contributed by atoms with Crippen molar-refractivity contribution in [3.8, 4) is 0 Å². The van der Waals surface area contributed by atoms with Crippen LogP contribution in [0.1, 0.15) is 28.5 Å². The number of aromatic nitrogens is 2. The number of carbonyl (C=O) groups excluding carboxylic acids is 1. The maximum atomic E-state index is 11.3. The predicted octanol–water partition coefficient (Wildman–Crippen LogP) is 2.15. The Balaban J connectivity index is 2.85. The second kappa shape index (κ2) is 2.94. The van der Waals surface area contributed by atoms with Crippen molar-refractivity contribution in [2.24, 2.45) is 0 Å². The van der Waals surface area contributed by atoms with Crippen molar-refractivity contribution >= 4 is 11.4 Å². The minimum absolute atomic E-state index is 0.0440. The SMILES string of the molecule is CC(=O)c1cnc2c(C)cc(C)cn12. The summed E-state index contributed by atoms with van der Waals surface area (Å²) in [5.74, 6) is 0.0440. The lowest BCUT2D eigenvalue weighted by Crippen LogP contribution is -1.99. The summed E-state index contributed by atoms with van der Waals surface area (Å²) in [6.45, 7) is 5.57. The Labute approximate surface area is 82.4 Å². The lowest BCUT2D eigenvalue weighted by molar-refractivity contribution is 0.101. The molecule has 3 nitrogen and oxygen atoms in total. The zero-order valence-electron chi connectivity index (χ0n) is 8.53. The van der Waals surface area contributed by atoms with E-state index in [9.17, 15) is 4.79 Å². The van der Waals surface area contributed by atoms with Crippen LogP contribution in [-0.2, 0) is 0 Å². The largest absolute Gasteiger partial charge is 0.297 e. The highest BCUT2D eigenvalue weighted by atomic mass is 16.1. The molecule has 0 bridgehead atoms. The Morgan fingerprint density at radius 3 is 2.79 bits per heavy atom. The molecule has 0 saturated carbocycles. The summed E-state index contributed by atoms with van der Waals surface area (Å²) in [6, 6.07) is 2.06. The quantitative estimate of drug-likeness (QED) is 0.642. The molecule has 3 heteroatoms. The van der Waals surface area contributed by atoms with Crippen molar-refractivity contribution in [3.63, 3.8) is 0 Å². The van der Waals surface area contributed by atoms with E-state index in [4.69, 9.17) is 0 Å². The summed E-state index contributed by atoms with van der Waals surface area (Å²) >= 11 is 0. The lowest BCUT2D eigenvalue weighted by Gasteiger charge is -2.02. The zero-order chi connectivity index (χ0) is 10.3. The van der Waals surface area contributed by atoms with Crippen LogP contribution in [0.3, 0.4) is 0 Å². The molecule has 0 unspecified atom stereocenters. The molecule has 0 aliphatic rings. The summed E-state index contributed by atoms with van der Waals surface area (Å²) in [5.41, 5.74) is 3.74. The van der Waals surface area contributed by atoms with Gasteiger partial charge in [-0.25, -0.2) is 4.98 Å². The van der Waals surface area contributed by atoms with Gasteiger partial charge in [-0.3, -0.25) is 9.20 Å². The number of carbonyl (C=O) groups is 1. The molecule has 0 spiro atoms. The summed E-state index contributed by atoms with van der Waals surface area (Å²) < 4.78 is 1.85. The Bertz CT molecular complexity index is 511. The van der Waals surface area contributed by atoms with Crippen LogP contribution >= 0.6 is 0 Å². The van der Waals surface area contributed by atoms with E-state index in [1.165, 1.54) is 0 Å². The van der Waals surface area contributed by atoms with Gasteiger partial charge in [0.1, 0.15) is 11.3 Å². The average molecular weight is 188 g/mol. The van der Waals surface area contributed by atoms with Gasteiger partial charge in [-0.15, -0.1) is 0 Å². The second-order valence-electron chi connectivity index (χ2n) is 3.59. The molecule has 14 heavy (non-hydrogen) atoms. The molecule has 0 atom stereocenters. The molecule has 0 radical (unpaired) electrons. The molecule has 2 aromatic rings. The fourth-order valence-corrected chi connectivity index (χ4v) is 1.69. The Hall–Kier alpha value is -1.64.